The number of nitrogens with zero attached hydrogens (tertiary/aromatic N) is 3. The van der Waals surface area contributed by atoms with Crippen molar-refractivity contribution in [2.75, 3.05) is 11.1 Å². The van der Waals surface area contributed by atoms with Gasteiger partial charge in [-0.2, -0.15) is 23.3 Å². The lowest BCUT2D eigenvalue weighted by Crippen LogP contribution is -2.05. The van der Waals surface area contributed by atoms with Gasteiger partial charge in [0.1, 0.15) is 12.1 Å². The maximum atomic E-state index is 12.7. The van der Waals surface area contributed by atoms with Crippen LogP contribution in [0.3, 0.4) is 0 Å². The average Bonchev–Trinajstić information content (AvgIpc) is 3.33. The van der Waals surface area contributed by atoms with Gasteiger partial charge in [0.15, 0.2) is 11.5 Å². The predicted octanol–water partition coefficient (Wildman–Crippen LogP) is 5.36. The highest BCUT2D eigenvalue weighted by atomic mass is 19.4. The third kappa shape index (κ3) is 4.51. The normalized spacial score (nSPS) is 11.9. The number of alkyl halides is 3. The van der Waals surface area contributed by atoms with E-state index >= 15 is 0 Å². The SMILES string of the molecule is CC(C)(C)C#Cc1cc(-c2ccnc(Nc3nc(C(F)(F)F)co3)c2)cc2c(N)n[nH]c12. The molecule has 0 saturated heterocycles. The summed E-state index contributed by atoms with van der Waals surface area (Å²) in [5.41, 5.74) is 7.68. The molecule has 7 nitrogen and oxygen atoms in total. The Morgan fingerprint density at radius 3 is 2.59 bits per heavy atom. The summed E-state index contributed by atoms with van der Waals surface area (Å²) in [5.74, 6) is 6.99. The van der Waals surface area contributed by atoms with Gasteiger partial charge in [-0.3, -0.25) is 10.4 Å². The molecule has 32 heavy (non-hydrogen) atoms. The number of nitrogen functional groups attached to an aromatic ring is 1. The summed E-state index contributed by atoms with van der Waals surface area (Å²) in [7, 11) is 0. The van der Waals surface area contributed by atoms with E-state index in [1.54, 1.807) is 12.1 Å². The number of rotatable bonds is 3. The molecule has 0 aliphatic rings. The molecular formula is C22H19F3N6O. The van der Waals surface area contributed by atoms with Crippen LogP contribution in [-0.4, -0.2) is 20.2 Å². The summed E-state index contributed by atoms with van der Waals surface area (Å²) in [6, 6.07) is 6.87. The Hall–Kier alpha value is -4.00. The summed E-state index contributed by atoms with van der Waals surface area (Å²) >= 11 is 0. The van der Waals surface area contributed by atoms with Crippen LogP contribution in [0.1, 0.15) is 32.0 Å². The first-order valence-electron chi connectivity index (χ1n) is 9.56. The number of aromatic amines is 1. The van der Waals surface area contributed by atoms with E-state index < -0.39 is 11.9 Å². The largest absolute Gasteiger partial charge is 0.436 e. The minimum atomic E-state index is -4.59. The molecule has 1 aromatic carbocycles. The highest BCUT2D eigenvalue weighted by Gasteiger charge is 2.34. The van der Waals surface area contributed by atoms with Gasteiger partial charge < -0.3 is 10.2 Å². The molecule has 4 aromatic rings. The van der Waals surface area contributed by atoms with Crippen molar-refractivity contribution in [1.82, 2.24) is 20.2 Å². The first kappa shape index (κ1) is 21.2. The summed E-state index contributed by atoms with van der Waals surface area (Å²) in [5, 5.41) is 10.4. The summed E-state index contributed by atoms with van der Waals surface area (Å²) in [4.78, 5) is 7.53. The number of halogens is 3. The van der Waals surface area contributed by atoms with Crippen molar-refractivity contribution in [2.24, 2.45) is 5.41 Å². The number of oxazole rings is 1. The number of aromatic nitrogens is 4. The molecule has 0 aliphatic heterocycles. The molecule has 0 unspecified atom stereocenters. The molecule has 4 N–H and O–H groups in total. The minimum Gasteiger partial charge on any atom is -0.431 e. The van der Waals surface area contributed by atoms with Gasteiger partial charge in [0.05, 0.1) is 11.1 Å². The van der Waals surface area contributed by atoms with Crippen LogP contribution in [0.5, 0.6) is 0 Å². The van der Waals surface area contributed by atoms with E-state index in [0.717, 1.165) is 27.6 Å². The third-order valence-corrected chi connectivity index (χ3v) is 4.40. The lowest BCUT2D eigenvalue weighted by molar-refractivity contribution is -0.141. The van der Waals surface area contributed by atoms with Gasteiger partial charge in [-0.05, 0) is 56.2 Å². The van der Waals surface area contributed by atoms with Gasteiger partial charge in [0.25, 0.3) is 0 Å². The maximum Gasteiger partial charge on any atom is 0.436 e. The van der Waals surface area contributed by atoms with Crippen LogP contribution in [-0.2, 0) is 6.18 Å². The van der Waals surface area contributed by atoms with Gasteiger partial charge in [-0.25, -0.2) is 4.98 Å². The number of pyridine rings is 1. The zero-order valence-corrected chi connectivity index (χ0v) is 17.4. The summed E-state index contributed by atoms with van der Waals surface area (Å²) in [6.07, 6.45) is -2.53. The number of fused-ring (bicyclic) bond motifs is 1. The highest BCUT2D eigenvalue weighted by Crippen LogP contribution is 2.32. The van der Waals surface area contributed by atoms with Crippen molar-refractivity contribution in [3.05, 3.63) is 48.0 Å². The van der Waals surface area contributed by atoms with Crippen LogP contribution in [0.4, 0.5) is 30.8 Å². The Bertz CT molecular complexity index is 1350. The van der Waals surface area contributed by atoms with Crippen LogP contribution in [0.15, 0.2) is 41.1 Å². The third-order valence-electron chi connectivity index (χ3n) is 4.40. The number of nitrogens with two attached hydrogens (primary N) is 1. The lowest BCUT2D eigenvalue weighted by Gasteiger charge is -2.09. The number of anilines is 3. The average molecular weight is 440 g/mol. The van der Waals surface area contributed by atoms with Gasteiger partial charge in [0, 0.05) is 17.0 Å². The molecule has 0 saturated carbocycles. The van der Waals surface area contributed by atoms with E-state index in [2.05, 4.69) is 37.3 Å². The highest BCUT2D eigenvalue weighted by molar-refractivity contribution is 5.96. The molecule has 164 valence electrons. The number of hydrogen-bond acceptors (Lipinski definition) is 6. The zero-order valence-electron chi connectivity index (χ0n) is 17.4. The molecule has 3 heterocycles. The molecule has 0 fully saturated rings. The zero-order chi connectivity index (χ0) is 23.1. The fourth-order valence-electron chi connectivity index (χ4n) is 2.91. The molecule has 0 atom stereocenters. The second kappa shape index (κ2) is 7.60. The monoisotopic (exact) mass is 440 g/mol. The topological polar surface area (TPSA) is 106 Å². The minimum absolute atomic E-state index is 0.201. The number of nitrogens with one attached hydrogen (secondary N) is 2. The number of H-pyrrole nitrogens is 1. The quantitative estimate of drug-likeness (QED) is 0.371. The maximum absolute atomic E-state index is 12.7. The first-order valence-corrected chi connectivity index (χ1v) is 9.56. The van der Waals surface area contributed by atoms with Crippen LogP contribution >= 0.6 is 0 Å². The summed E-state index contributed by atoms with van der Waals surface area (Å²) in [6.45, 7) is 6.03. The van der Waals surface area contributed by atoms with Crippen LogP contribution in [0, 0.1) is 17.3 Å². The second-order valence-electron chi connectivity index (χ2n) is 8.15. The molecule has 0 bridgehead atoms. The summed E-state index contributed by atoms with van der Waals surface area (Å²) < 4.78 is 43.1. The van der Waals surface area contributed by atoms with E-state index in [0.29, 0.717) is 12.1 Å². The van der Waals surface area contributed by atoms with Crippen molar-refractivity contribution in [3.8, 4) is 23.0 Å². The van der Waals surface area contributed by atoms with Crippen molar-refractivity contribution in [3.63, 3.8) is 0 Å². The molecule has 10 heteroatoms. The number of benzene rings is 1. The van der Waals surface area contributed by atoms with Gasteiger partial charge in [-0.15, -0.1) is 0 Å². The van der Waals surface area contributed by atoms with Crippen molar-refractivity contribution in [1.29, 1.82) is 0 Å². The second-order valence-corrected chi connectivity index (χ2v) is 8.15. The van der Waals surface area contributed by atoms with Crippen LogP contribution < -0.4 is 11.1 Å². The van der Waals surface area contributed by atoms with Crippen LogP contribution in [0.25, 0.3) is 22.0 Å². The van der Waals surface area contributed by atoms with E-state index in [4.69, 9.17) is 10.2 Å². The van der Waals surface area contributed by atoms with E-state index in [1.807, 2.05) is 32.9 Å². The lowest BCUT2D eigenvalue weighted by atomic mass is 9.96. The molecule has 4 rings (SSSR count). The van der Waals surface area contributed by atoms with Gasteiger partial charge in [-0.1, -0.05) is 11.8 Å². The fraction of sp³-hybridized carbons (Fsp3) is 0.227. The van der Waals surface area contributed by atoms with E-state index in [-0.39, 0.29) is 17.2 Å². The fourth-order valence-corrected chi connectivity index (χ4v) is 2.91. The van der Waals surface area contributed by atoms with Crippen molar-refractivity contribution in [2.45, 2.75) is 26.9 Å². The van der Waals surface area contributed by atoms with Gasteiger partial charge >= 0.3 is 12.2 Å². The van der Waals surface area contributed by atoms with Crippen molar-refractivity contribution < 1.29 is 17.6 Å². The smallest absolute Gasteiger partial charge is 0.431 e. The first-order chi connectivity index (χ1) is 15.0. The molecular weight excluding hydrogens is 421 g/mol. The molecule has 0 radical (unpaired) electrons. The number of hydrogen-bond donors (Lipinski definition) is 3. The Morgan fingerprint density at radius 2 is 1.91 bits per heavy atom. The van der Waals surface area contributed by atoms with Crippen LogP contribution in [0.2, 0.25) is 0 Å². The molecule has 0 aliphatic carbocycles. The molecule has 0 amide bonds. The Balaban J connectivity index is 1.72. The van der Waals surface area contributed by atoms with Crippen molar-refractivity contribution >= 4 is 28.6 Å². The van der Waals surface area contributed by atoms with Gasteiger partial charge in [0.2, 0.25) is 0 Å². The Morgan fingerprint density at radius 1 is 1.12 bits per heavy atom. The Labute approximate surface area is 181 Å². The van der Waals surface area contributed by atoms with E-state index in [9.17, 15) is 13.2 Å². The standard InChI is InChI=1S/C22H19F3N6O/c1-21(2,3)6-4-13-8-14(9-15-18(13)30-31-19(15)26)12-5-7-27-17(10-12)29-20-28-16(11-32-20)22(23,24)25/h5,7-11H,1-3H3,(H3,26,30,31)(H,27,28,29). The molecule has 3 aromatic heterocycles. The molecule has 0 spiro atoms. The van der Waals surface area contributed by atoms with E-state index in [1.165, 1.54) is 6.20 Å². The Kier molecular flexibility index (Phi) is 5.05. The predicted molar refractivity (Wildman–Crippen MR) is 115 cm³/mol.